The number of morpholine rings is 1. The number of rotatable bonds is 6. The molecule has 1 atom stereocenters. The second kappa shape index (κ2) is 10.0. The number of hydrogen-bond donors (Lipinski definition) is 2. The molecule has 2 N–H and O–H groups in total. The summed E-state index contributed by atoms with van der Waals surface area (Å²) < 4.78 is 5.85. The minimum Gasteiger partial charge on any atom is -0.371 e. The van der Waals surface area contributed by atoms with Gasteiger partial charge in [-0.15, -0.1) is 0 Å². The largest absolute Gasteiger partial charge is 0.371 e. The van der Waals surface area contributed by atoms with E-state index in [1.165, 1.54) is 0 Å². The average molecular weight is 381 g/mol. The van der Waals surface area contributed by atoms with Gasteiger partial charge in [0.2, 0.25) is 0 Å². The molecular formula is C22H27N3O3. The molecule has 1 aliphatic rings. The van der Waals surface area contributed by atoms with Crippen molar-refractivity contribution in [2.45, 2.75) is 19.4 Å². The summed E-state index contributed by atoms with van der Waals surface area (Å²) in [6.45, 7) is 5.35. The Balaban J connectivity index is 1.44. The van der Waals surface area contributed by atoms with E-state index in [4.69, 9.17) is 4.74 Å². The first-order chi connectivity index (χ1) is 13.7. The minimum absolute atomic E-state index is 0.0412. The number of aryl methyl sites for hydroxylation is 1. The van der Waals surface area contributed by atoms with Gasteiger partial charge in [-0.3, -0.25) is 14.5 Å². The topological polar surface area (TPSA) is 70.7 Å². The zero-order valence-electron chi connectivity index (χ0n) is 16.2. The molecule has 1 saturated heterocycles. The standard InChI is InChI=1S/C22H27N3O3/c1-2-17-8-6-7-11-19(17)24-22(27)21(26)23-12-13-25-14-15-28-20(16-25)18-9-4-3-5-10-18/h3-11,20H,2,12-16H2,1H3,(H,23,26)(H,24,27). The predicted octanol–water partition coefficient (Wildman–Crippen LogP) is 2.38. The van der Waals surface area contributed by atoms with Crippen LogP contribution in [0, 0.1) is 0 Å². The van der Waals surface area contributed by atoms with Gasteiger partial charge in [0.1, 0.15) is 0 Å². The molecule has 0 radical (unpaired) electrons. The van der Waals surface area contributed by atoms with Crippen molar-refractivity contribution in [3.05, 3.63) is 65.7 Å². The van der Waals surface area contributed by atoms with Crippen LogP contribution in [0.15, 0.2) is 54.6 Å². The highest BCUT2D eigenvalue weighted by molar-refractivity contribution is 6.39. The average Bonchev–Trinajstić information content (AvgIpc) is 2.75. The highest BCUT2D eigenvalue weighted by Crippen LogP contribution is 2.21. The van der Waals surface area contributed by atoms with Gasteiger partial charge in [-0.1, -0.05) is 55.5 Å². The molecule has 0 aromatic heterocycles. The Hall–Kier alpha value is -2.70. The Bertz CT molecular complexity index is 795. The summed E-state index contributed by atoms with van der Waals surface area (Å²) >= 11 is 0. The Morgan fingerprint density at radius 1 is 1.07 bits per heavy atom. The second-order valence-electron chi connectivity index (χ2n) is 6.79. The monoisotopic (exact) mass is 381 g/mol. The van der Waals surface area contributed by atoms with E-state index in [9.17, 15) is 9.59 Å². The van der Waals surface area contributed by atoms with Crippen LogP contribution in [0.4, 0.5) is 5.69 Å². The van der Waals surface area contributed by atoms with E-state index in [0.29, 0.717) is 25.4 Å². The number of ether oxygens (including phenoxy) is 1. The lowest BCUT2D eigenvalue weighted by Crippen LogP contribution is -2.44. The van der Waals surface area contributed by atoms with Crippen LogP contribution in [-0.4, -0.2) is 49.5 Å². The summed E-state index contributed by atoms with van der Waals surface area (Å²) in [5.41, 5.74) is 2.85. The van der Waals surface area contributed by atoms with E-state index in [0.717, 1.165) is 30.6 Å². The van der Waals surface area contributed by atoms with Crippen molar-refractivity contribution in [2.24, 2.45) is 0 Å². The third kappa shape index (κ3) is 5.41. The van der Waals surface area contributed by atoms with Gasteiger partial charge in [0.05, 0.1) is 12.7 Å². The molecular weight excluding hydrogens is 354 g/mol. The van der Waals surface area contributed by atoms with E-state index < -0.39 is 11.8 Å². The maximum Gasteiger partial charge on any atom is 0.313 e. The van der Waals surface area contributed by atoms with Crippen LogP contribution in [0.3, 0.4) is 0 Å². The summed E-state index contributed by atoms with van der Waals surface area (Å²) in [4.78, 5) is 26.5. The van der Waals surface area contributed by atoms with Crippen molar-refractivity contribution in [1.29, 1.82) is 0 Å². The highest BCUT2D eigenvalue weighted by atomic mass is 16.5. The van der Waals surface area contributed by atoms with Crippen molar-refractivity contribution < 1.29 is 14.3 Å². The number of anilines is 1. The Morgan fingerprint density at radius 2 is 1.82 bits per heavy atom. The minimum atomic E-state index is -0.634. The molecule has 1 unspecified atom stereocenters. The molecule has 6 nitrogen and oxygen atoms in total. The fraction of sp³-hybridized carbons (Fsp3) is 0.364. The lowest BCUT2D eigenvalue weighted by molar-refractivity contribution is -0.136. The number of para-hydroxylation sites is 1. The van der Waals surface area contributed by atoms with Gasteiger partial charge in [0.25, 0.3) is 0 Å². The van der Waals surface area contributed by atoms with Crippen LogP contribution >= 0.6 is 0 Å². The molecule has 2 amide bonds. The summed E-state index contributed by atoms with van der Waals surface area (Å²) in [6, 6.07) is 17.6. The van der Waals surface area contributed by atoms with Gasteiger partial charge < -0.3 is 15.4 Å². The maximum atomic E-state index is 12.1. The fourth-order valence-corrected chi connectivity index (χ4v) is 3.31. The fourth-order valence-electron chi connectivity index (χ4n) is 3.31. The first kappa shape index (κ1) is 20.0. The Kier molecular flexibility index (Phi) is 7.17. The molecule has 148 valence electrons. The van der Waals surface area contributed by atoms with Crippen LogP contribution in [0.2, 0.25) is 0 Å². The second-order valence-corrected chi connectivity index (χ2v) is 6.79. The lowest BCUT2D eigenvalue weighted by Gasteiger charge is -2.33. The van der Waals surface area contributed by atoms with Gasteiger partial charge in [-0.05, 0) is 23.6 Å². The summed E-state index contributed by atoms with van der Waals surface area (Å²) in [5.74, 6) is -1.25. The van der Waals surface area contributed by atoms with Crippen LogP contribution in [0.1, 0.15) is 24.2 Å². The molecule has 1 heterocycles. The molecule has 0 bridgehead atoms. The first-order valence-electron chi connectivity index (χ1n) is 9.73. The molecule has 0 aliphatic carbocycles. The molecule has 6 heteroatoms. The van der Waals surface area contributed by atoms with Crippen molar-refractivity contribution in [3.63, 3.8) is 0 Å². The van der Waals surface area contributed by atoms with Crippen molar-refractivity contribution in [3.8, 4) is 0 Å². The van der Waals surface area contributed by atoms with E-state index in [2.05, 4.69) is 27.7 Å². The van der Waals surface area contributed by atoms with Crippen molar-refractivity contribution in [1.82, 2.24) is 10.2 Å². The molecule has 28 heavy (non-hydrogen) atoms. The van der Waals surface area contributed by atoms with E-state index in [1.54, 1.807) is 0 Å². The van der Waals surface area contributed by atoms with E-state index in [-0.39, 0.29) is 6.10 Å². The van der Waals surface area contributed by atoms with Crippen LogP contribution in [0.5, 0.6) is 0 Å². The van der Waals surface area contributed by atoms with Crippen molar-refractivity contribution >= 4 is 17.5 Å². The first-order valence-corrected chi connectivity index (χ1v) is 9.73. The van der Waals surface area contributed by atoms with Crippen LogP contribution in [0.25, 0.3) is 0 Å². The molecule has 2 aromatic rings. The van der Waals surface area contributed by atoms with Gasteiger partial charge in [-0.25, -0.2) is 0 Å². The number of carbonyl (C=O) groups is 2. The van der Waals surface area contributed by atoms with Gasteiger partial charge in [-0.2, -0.15) is 0 Å². The number of hydrogen-bond acceptors (Lipinski definition) is 4. The van der Waals surface area contributed by atoms with Crippen LogP contribution in [-0.2, 0) is 20.7 Å². The van der Waals surface area contributed by atoms with Gasteiger partial charge >= 0.3 is 11.8 Å². The number of nitrogens with zero attached hydrogens (tertiary/aromatic N) is 1. The smallest absolute Gasteiger partial charge is 0.313 e. The summed E-state index contributed by atoms with van der Waals surface area (Å²) in [5, 5.41) is 5.40. The molecule has 1 aliphatic heterocycles. The lowest BCUT2D eigenvalue weighted by atomic mass is 10.1. The van der Waals surface area contributed by atoms with E-state index >= 15 is 0 Å². The maximum absolute atomic E-state index is 12.1. The Morgan fingerprint density at radius 3 is 2.61 bits per heavy atom. The van der Waals surface area contributed by atoms with E-state index in [1.807, 2.05) is 49.4 Å². The zero-order valence-corrected chi connectivity index (χ0v) is 16.2. The van der Waals surface area contributed by atoms with Gasteiger partial charge in [0.15, 0.2) is 0 Å². The van der Waals surface area contributed by atoms with Crippen LogP contribution < -0.4 is 10.6 Å². The number of amides is 2. The van der Waals surface area contributed by atoms with Gasteiger partial charge in [0, 0.05) is 31.9 Å². The molecule has 2 aromatic carbocycles. The predicted molar refractivity (Wildman–Crippen MR) is 109 cm³/mol. The quantitative estimate of drug-likeness (QED) is 0.754. The SMILES string of the molecule is CCc1ccccc1NC(=O)C(=O)NCCN1CCOC(c2ccccc2)C1. The normalized spacial score (nSPS) is 17.1. The third-order valence-corrected chi connectivity index (χ3v) is 4.89. The summed E-state index contributed by atoms with van der Waals surface area (Å²) in [7, 11) is 0. The zero-order chi connectivity index (χ0) is 19.8. The number of nitrogens with one attached hydrogen (secondary N) is 2. The molecule has 1 fully saturated rings. The number of benzene rings is 2. The summed E-state index contributed by atoms with van der Waals surface area (Å²) in [6.07, 6.45) is 0.831. The van der Waals surface area contributed by atoms with Crippen molar-refractivity contribution in [2.75, 3.05) is 38.1 Å². The molecule has 0 saturated carbocycles. The highest BCUT2D eigenvalue weighted by Gasteiger charge is 2.22. The third-order valence-electron chi connectivity index (χ3n) is 4.89. The molecule has 3 rings (SSSR count). The Labute approximate surface area is 165 Å². The molecule has 0 spiro atoms. The number of carbonyl (C=O) groups excluding carboxylic acids is 2.